The van der Waals surface area contributed by atoms with Crippen molar-refractivity contribution in [2.75, 3.05) is 6.54 Å². The van der Waals surface area contributed by atoms with Gasteiger partial charge in [0.15, 0.2) is 6.23 Å². The van der Waals surface area contributed by atoms with Gasteiger partial charge < -0.3 is 9.64 Å². The van der Waals surface area contributed by atoms with Crippen molar-refractivity contribution in [3.63, 3.8) is 0 Å². The summed E-state index contributed by atoms with van der Waals surface area (Å²) in [6, 6.07) is 0. The minimum Gasteiger partial charge on any atom is -0.439 e. The zero-order valence-electron chi connectivity index (χ0n) is 8.88. The molecule has 0 aromatic carbocycles. The van der Waals surface area contributed by atoms with Gasteiger partial charge in [-0.05, 0) is 26.7 Å². The Morgan fingerprint density at radius 3 is 2.71 bits per heavy atom. The molecule has 0 amide bonds. The van der Waals surface area contributed by atoms with Crippen LogP contribution in [0.1, 0.15) is 26.7 Å². The van der Waals surface area contributed by atoms with Crippen LogP contribution in [0.5, 0.6) is 0 Å². The maximum atomic E-state index is 11.2. The van der Waals surface area contributed by atoms with Gasteiger partial charge in [0.2, 0.25) is 0 Å². The van der Waals surface area contributed by atoms with Gasteiger partial charge in [-0.3, -0.25) is 0 Å². The van der Waals surface area contributed by atoms with E-state index in [-0.39, 0.29) is 12.2 Å². The molecular formula is C11H17NO2. The van der Waals surface area contributed by atoms with Crippen molar-refractivity contribution in [2.24, 2.45) is 0 Å². The normalized spacial score (nSPS) is 18.1. The van der Waals surface area contributed by atoms with Gasteiger partial charge in [-0.25, -0.2) is 4.79 Å². The molecule has 0 aromatic heterocycles. The van der Waals surface area contributed by atoms with Crippen LogP contribution in [0.15, 0.2) is 24.4 Å². The third-order valence-corrected chi connectivity index (χ3v) is 2.34. The molecule has 0 aliphatic carbocycles. The second-order valence-corrected chi connectivity index (χ2v) is 3.65. The SMILES string of the molecule is C=C(C)C(=O)OC(C)N1CCCC1=C. The van der Waals surface area contributed by atoms with E-state index in [0.29, 0.717) is 5.57 Å². The Morgan fingerprint density at radius 2 is 2.29 bits per heavy atom. The van der Waals surface area contributed by atoms with Gasteiger partial charge in [0.25, 0.3) is 0 Å². The summed E-state index contributed by atoms with van der Waals surface area (Å²) in [5.41, 5.74) is 1.48. The fraction of sp³-hybridized carbons (Fsp3) is 0.545. The summed E-state index contributed by atoms with van der Waals surface area (Å²) < 4.78 is 5.19. The number of rotatable bonds is 3. The molecule has 14 heavy (non-hydrogen) atoms. The molecule has 1 heterocycles. The van der Waals surface area contributed by atoms with Crippen molar-refractivity contribution in [2.45, 2.75) is 32.9 Å². The minimum absolute atomic E-state index is 0.228. The maximum absolute atomic E-state index is 11.2. The summed E-state index contributed by atoms with van der Waals surface area (Å²) in [6.07, 6.45) is 1.86. The zero-order valence-corrected chi connectivity index (χ0v) is 8.88. The summed E-state index contributed by atoms with van der Waals surface area (Å²) in [7, 11) is 0. The van der Waals surface area contributed by atoms with Crippen LogP contribution in [0.3, 0.4) is 0 Å². The molecule has 0 N–H and O–H groups in total. The van der Waals surface area contributed by atoms with Crippen molar-refractivity contribution in [3.8, 4) is 0 Å². The van der Waals surface area contributed by atoms with E-state index < -0.39 is 0 Å². The zero-order chi connectivity index (χ0) is 10.7. The van der Waals surface area contributed by atoms with Crippen LogP contribution in [0, 0.1) is 0 Å². The first-order valence-electron chi connectivity index (χ1n) is 4.83. The van der Waals surface area contributed by atoms with Crippen molar-refractivity contribution in [1.82, 2.24) is 4.90 Å². The average molecular weight is 195 g/mol. The Bertz CT molecular complexity index is 270. The molecule has 0 bridgehead atoms. The van der Waals surface area contributed by atoms with Crippen LogP contribution in [-0.2, 0) is 9.53 Å². The standard InChI is InChI=1S/C11H17NO2/c1-8(2)11(13)14-10(4)12-7-5-6-9(12)3/h10H,1,3,5-7H2,2,4H3. The second-order valence-electron chi connectivity index (χ2n) is 3.65. The fourth-order valence-corrected chi connectivity index (χ4v) is 1.51. The van der Waals surface area contributed by atoms with E-state index in [4.69, 9.17) is 4.74 Å². The van der Waals surface area contributed by atoms with Gasteiger partial charge in [-0.2, -0.15) is 0 Å². The maximum Gasteiger partial charge on any atom is 0.335 e. The first-order chi connectivity index (χ1) is 6.52. The summed E-state index contributed by atoms with van der Waals surface area (Å²) in [4.78, 5) is 13.3. The van der Waals surface area contributed by atoms with Gasteiger partial charge in [0.1, 0.15) is 0 Å². The Labute approximate surface area is 85.0 Å². The number of allylic oxidation sites excluding steroid dienone is 1. The number of likely N-dealkylation sites (tertiary alicyclic amines) is 1. The van der Waals surface area contributed by atoms with Crippen LogP contribution in [-0.4, -0.2) is 23.6 Å². The van der Waals surface area contributed by atoms with Crippen molar-refractivity contribution < 1.29 is 9.53 Å². The number of nitrogens with zero attached hydrogens (tertiary/aromatic N) is 1. The highest BCUT2D eigenvalue weighted by molar-refractivity contribution is 5.87. The molecule has 1 aliphatic heterocycles. The summed E-state index contributed by atoms with van der Waals surface area (Å²) in [5, 5.41) is 0. The largest absolute Gasteiger partial charge is 0.439 e. The molecule has 0 saturated carbocycles. The highest BCUT2D eigenvalue weighted by Gasteiger charge is 2.23. The van der Waals surface area contributed by atoms with Crippen LogP contribution < -0.4 is 0 Å². The molecule has 0 spiro atoms. The monoisotopic (exact) mass is 195 g/mol. The molecule has 0 aromatic rings. The Morgan fingerprint density at radius 1 is 1.64 bits per heavy atom. The first kappa shape index (κ1) is 10.8. The number of hydrogen-bond acceptors (Lipinski definition) is 3. The van der Waals surface area contributed by atoms with E-state index in [9.17, 15) is 4.79 Å². The van der Waals surface area contributed by atoms with Crippen molar-refractivity contribution >= 4 is 5.97 Å². The lowest BCUT2D eigenvalue weighted by atomic mass is 10.3. The lowest BCUT2D eigenvalue weighted by molar-refractivity contribution is -0.150. The summed E-state index contributed by atoms with van der Waals surface area (Å²) in [6.45, 7) is 11.9. The average Bonchev–Trinajstić information content (AvgIpc) is 2.51. The first-order valence-corrected chi connectivity index (χ1v) is 4.83. The number of esters is 1. The van der Waals surface area contributed by atoms with Crippen LogP contribution in [0.25, 0.3) is 0 Å². The van der Waals surface area contributed by atoms with Crippen LogP contribution >= 0.6 is 0 Å². The molecule has 78 valence electrons. The van der Waals surface area contributed by atoms with Gasteiger partial charge in [-0.15, -0.1) is 0 Å². The number of carbonyl (C=O) groups is 1. The third kappa shape index (κ3) is 2.37. The smallest absolute Gasteiger partial charge is 0.335 e. The number of ether oxygens (including phenoxy) is 1. The van der Waals surface area contributed by atoms with Gasteiger partial charge in [0.05, 0.1) is 0 Å². The van der Waals surface area contributed by atoms with Crippen LogP contribution in [0.4, 0.5) is 0 Å². The predicted molar refractivity (Wildman–Crippen MR) is 55.4 cm³/mol. The summed E-state index contributed by atoms with van der Waals surface area (Å²) >= 11 is 0. The van der Waals surface area contributed by atoms with Crippen LogP contribution in [0.2, 0.25) is 0 Å². The molecule has 1 rings (SSSR count). The second kappa shape index (κ2) is 4.31. The minimum atomic E-state index is -0.336. The number of carbonyl (C=O) groups excluding carboxylic acids is 1. The Hall–Kier alpha value is -1.25. The lowest BCUT2D eigenvalue weighted by Crippen LogP contribution is -2.33. The molecular weight excluding hydrogens is 178 g/mol. The van der Waals surface area contributed by atoms with E-state index in [1.165, 1.54) is 0 Å². The van der Waals surface area contributed by atoms with E-state index in [1.54, 1.807) is 6.92 Å². The Kier molecular flexibility index (Phi) is 3.33. The number of hydrogen-bond donors (Lipinski definition) is 0. The third-order valence-electron chi connectivity index (χ3n) is 2.34. The van der Waals surface area contributed by atoms with E-state index >= 15 is 0 Å². The van der Waals surface area contributed by atoms with E-state index in [1.807, 2.05) is 11.8 Å². The highest BCUT2D eigenvalue weighted by atomic mass is 16.6. The molecule has 3 nitrogen and oxygen atoms in total. The molecule has 1 atom stereocenters. The predicted octanol–water partition coefficient (Wildman–Crippen LogP) is 2.06. The van der Waals surface area contributed by atoms with Gasteiger partial charge in [0, 0.05) is 17.8 Å². The van der Waals surface area contributed by atoms with E-state index in [2.05, 4.69) is 13.2 Å². The van der Waals surface area contributed by atoms with E-state index in [0.717, 1.165) is 25.1 Å². The summed E-state index contributed by atoms with van der Waals surface area (Å²) in [5.74, 6) is -0.336. The highest BCUT2D eigenvalue weighted by Crippen LogP contribution is 2.22. The Balaban J connectivity index is 2.49. The molecule has 0 radical (unpaired) electrons. The molecule has 1 fully saturated rings. The van der Waals surface area contributed by atoms with Crippen molar-refractivity contribution in [1.29, 1.82) is 0 Å². The topological polar surface area (TPSA) is 29.5 Å². The molecule has 1 saturated heterocycles. The molecule has 3 heteroatoms. The van der Waals surface area contributed by atoms with Crippen molar-refractivity contribution in [3.05, 3.63) is 24.4 Å². The van der Waals surface area contributed by atoms with Gasteiger partial charge >= 0.3 is 5.97 Å². The molecule has 1 aliphatic rings. The quantitative estimate of drug-likeness (QED) is 0.510. The van der Waals surface area contributed by atoms with Gasteiger partial charge in [-0.1, -0.05) is 13.2 Å². The lowest BCUT2D eigenvalue weighted by Gasteiger charge is -2.26. The fourth-order valence-electron chi connectivity index (χ4n) is 1.51. The molecule has 1 unspecified atom stereocenters.